The van der Waals surface area contributed by atoms with Gasteiger partial charge in [0, 0.05) is 25.0 Å². The van der Waals surface area contributed by atoms with Crippen molar-refractivity contribution in [2.45, 2.75) is 18.4 Å². The topological polar surface area (TPSA) is 92.9 Å². The van der Waals surface area contributed by atoms with Crippen LogP contribution in [0, 0.1) is 5.92 Å². The summed E-state index contributed by atoms with van der Waals surface area (Å²) in [5, 5.41) is 9.27. The van der Waals surface area contributed by atoms with E-state index >= 15 is 0 Å². The SMILES string of the molecule is NC1CCN(C(=O)OCC2c3ccccc3-c3ccccc32)CC1C(=O)O. The van der Waals surface area contributed by atoms with Gasteiger partial charge in [-0.15, -0.1) is 0 Å². The molecule has 3 N–H and O–H groups in total. The molecule has 0 spiro atoms. The smallest absolute Gasteiger partial charge is 0.409 e. The quantitative estimate of drug-likeness (QED) is 0.871. The van der Waals surface area contributed by atoms with Crippen LogP contribution in [0.1, 0.15) is 23.5 Å². The van der Waals surface area contributed by atoms with Crippen LogP contribution in [0.4, 0.5) is 4.79 Å². The third kappa shape index (κ3) is 3.17. The zero-order valence-corrected chi connectivity index (χ0v) is 14.9. The summed E-state index contributed by atoms with van der Waals surface area (Å²) >= 11 is 0. The van der Waals surface area contributed by atoms with Crippen molar-refractivity contribution >= 4 is 12.1 Å². The maximum atomic E-state index is 12.5. The Morgan fingerprint density at radius 3 is 2.26 bits per heavy atom. The Morgan fingerprint density at radius 1 is 1.07 bits per heavy atom. The summed E-state index contributed by atoms with van der Waals surface area (Å²) in [6.07, 6.45) is -0.0174. The number of ether oxygens (including phenoxy) is 1. The highest BCUT2D eigenvalue weighted by atomic mass is 16.6. The number of rotatable bonds is 3. The molecule has 0 bridgehead atoms. The first-order chi connectivity index (χ1) is 13.1. The lowest BCUT2D eigenvalue weighted by atomic mass is 9.93. The molecule has 1 aliphatic carbocycles. The second-order valence-corrected chi connectivity index (χ2v) is 7.15. The van der Waals surface area contributed by atoms with E-state index in [-0.39, 0.29) is 19.1 Å². The Kier molecular flexibility index (Phi) is 4.58. The second kappa shape index (κ2) is 7.04. The first-order valence-electron chi connectivity index (χ1n) is 9.14. The number of fused-ring (bicyclic) bond motifs is 3. The average molecular weight is 366 g/mol. The van der Waals surface area contributed by atoms with Gasteiger partial charge in [0.1, 0.15) is 6.61 Å². The van der Waals surface area contributed by atoms with Crippen molar-refractivity contribution in [1.29, 1.82) is 0 Å². The summed E-state index contributed by atoms with van der Waals surface area (Å²) < 4.78 is 5.60. The van der Waals surface area contributed by atoms with E-state index in [2.05, 4.69) is 24.3 Å². The molecule has 1 amide bonds. The monoisotopic (exact) mass is 366 g/mol. The third-order valence-electron chi connectivity index (χ3n) is 5.58. The maximum absolute atomic E-state index is 12.5. The van der Waals surface area contributed by atoms with Gasteiger partial charge >= 0.3 is 12.1 Å². The molecule has 4 rings (SSSR count). The summed E-state index contributed by atoms with van der Waals surface area (Å²) in [6.45, 7) is 0.738. The number of amides is 1. The van der Waals surface area contributed by atoms with E-state index in [1.54, 1.807) is 0 Å². The molecular formula is C21H22N2O4. The lowest BCUT2D eigenvalue weighted by molar-refractivity contribution is -0.143. The molecule has 2 atom stereocenters. The van der Waals surface area contributed by atoms with Gasteiger partial charge < -0.3 is 20.5 Å². The van der Waals surface area contributed by atoms with E-state index in [0.717, 1.165) is 11.1 Å². The van der Waals surface area contributed by atoms with Gasteiger partial charge in [0.2, 0.25) is 0 Å². The number of aliphatic carboxylic acids is 1. The van der Waals surface area contributed by atoms with Gasteiger partial charge in [0.05, 0.1) is 5.92 Å². The Bertz CT molecular complexity index is 836. The highest BCUT2D eigenvalue weighted by Crippen LogP contribution is 2.44. The normalized spacial score (nSPS) is 21.4. The fraction of sp³-hybridized carbons (Fsp3) is 0.333. The number of nitrogens with two attached hydrogens (primary N) is 1. The standard InChI is InChI=1S/C21H22N2O4/c22-19-9-10-23(11-17(19)20(24)25)21(26)27-12-18-15-7-3-1-5-13(15)14-6-2-4-8-16(14)18/h1-8,17-19H,9-12,22H2,(H,24,25). The summed E-state index contributed by atoms with van der Waals surface area (Å²) in [4.78, 5) is 25.3. The third-order valence-corrected chi connectivity index (χ3v) is 5.58. The Balaban J connectivity index is 1.47. The molecule has 2 aromatic carbocycles. The number of likely N-dealkylation sites (tertiary alicyclic amines) is 1. The molecule has 6 nitrogen and oxygen atoms in total. The fourth-order valence-electron chi connectivity index (χ4n) is 4.08. The lowest BCUT2D eigenvalue weighted by Gasteiger charge is -2.34. The highest BCUT2D eigenvalue weighted by Gasteiger charge is 2.35. The maximum Gasteiger partial charge on any atom is 0.409 e. The largest absolute Gasteiger partial charge is 0.481 e. The summed E-state index contributed by atoms with van der Waals surface area (Å²) in [6, 6.07) is 15.9. The minimum atomic E-state index is -0.973. The summed E-state index contributed by atoms with van der Waals surface area (Å²) in [5.41, 5.74) is 10.5. The second-order valence-electron chi connectivity index (χ2n) is 7.15. The van der Waals surface area contributed by atoms with Crippen molar-refractivity contribution in [3.8, 4) is 11.1 Å². The molecule has 2 unspecified atom stereocenters. The van der Waals surface area contributed by atoms with Crippen molar-refractivity contribution in [2.75, 3.05) is 19.7 Å². The number of carbonyl (C=O) groups is 2. The number of nitrogens with zero attached hydrogens (tertiary/aromatic N) is 1. The molecule has 140 valence electrons. The first kappa shape index (κ1) is 17.5. The van der Waals surface area contributed by atoms with E-state index in [1.165, 1.54) is 16.0 Å². The van der Waals surface area contributed by atoms with Gasteiger partial charge in [-0.1, -0.05) is 48.5 Å². The van der Waals surface area contributed by atoms with Crippen LogP contribution in [-0.2, 0) is 9.53 Å². The first-order valence-corrected chi connectivity index (χ1v) is 9.14. The van der Waals surface area contributed by atoms with E-state index in [4.69, 9.17) is 10.5 Å². The number of carbonyl (C=O) groups excluding carboxylic acids is 1. The molecule has 1 heterocycles. The lowest BCUT2D eigenvalue weighted by Crippen LogP contribution is -2.52. The van der Waals surface area contributed by atoms with E-state index in [1.807, 2.05) is 24.3 Å². The molecule has 27 heavy (non-hydrogen) atoms. The van der Waals surface area contributed by atoms with Crippen molar-refractivity contribution < 1.29 is 19.4 Å². The van der Waals surface area contributed by atoms with Gasteiger partial charge in [-0.25, -0.2) is 4.79 Å². The molecule has 2 aromatic rings. The van der Waals surface area contributed by atoms with Crippen LogP contribution >= 0.6 is 0 Å². The van der Waals surface area contributed by atoms with Crippen LogP contribution < -0.4 is 5.73 Å². The van der Waals surface area contributed by atoms with Crippen molar-refractivity contribution in [1.82, 2.24) is 4.90 Å². The average Bonchev–Trinajstić information content (AvgIpc) is 3.00. The van der Waals surface area contributed by atoms with E-state index < -0.39 is 24.0 Å². The number of hydrogen-bond acceptors (Lipinski definition) is 4. The van der Waals surface area contributed by atoms with Gasteiger partial charge in [-0.3, -0.25) is 4.79 Å². The predicted molar refractivity (Wildman–Crippen MR) is 100 cm³/mol. The van der Waals surface area contributed by atoms with Crippen LogP contribution in [0.3, 0.4) is 0 Å². The Hall–Kier alpha value is -2.86. The van der Waals surface area contributed by atoms with Gasteiger partial charge in [0.15, 0.2) is 0 Å². The zero-order valence-electron chi connectivity index (χ0n) is 14.9. The number of hydrogen-bond donors (Lipinski definition) is 2. The minimum absolute atomic E-state index is 0.0105. The minimum Gasteiger partial charge on any atom is -0.481 e. The summed E-state index contributed by atoms with van der Waals surface area (Å²) in [5.74, 6) is -1.73. The molecule has 1 fully saturated rings. The zero-order chi connectivity index (χ0) is 19.0. The summed E-state index contributed by atoms with van der Waals surface area (Å²) in [7, 11) is 0. The molecule has 6 heteroatoms. The number of benzene rings is 2. The van der Waals surface area contributed by atoms with E-state index in [9.17, 15) is 14.7 Å². The Labute approximate surface area is 157 Å². The fourth-order valence-corrected chi connectivity index (χ4v) is 4.08. The Morgan fingerprint density at radius 2 is 1.67 bits per heavy atom. The molecule has 2 aliphatic rings. The number of piperidine rings is 1. The number of carboxylic acid groups (broad SMARTS) is 1. The highest BCUT2D eigenvalue weighted by molar-refractivity contribution is 5.79. The van der Waals surface area contributed by atoms with E-state index in [0.29, 0.717) is 13.0 Å². The van der Waals surface area contributed by atoms with Gasteiger partial charge in [-0.2, -0.15) is 0 Å². The van der Waals surface area contributed by atoms with Crippen LogP contribution in [-0.4, -0.2) is 47.8 Å². The van der Waals surface area contributed by atoms with Crippen LogP contribution in [0.25, 0.3) is 11.1 Å². The van der Waals surface area contributed by atoms with Crippen molar-refractivity contribution in [2.24, 2.45) is 11.7 Å². The molecular weight excluding hydrogens is 344 g/mol. The van der Waals surface area contributed by atoms with Gasteiger partial charge in [0.25, 0.3) is 0 Å². The number of carboxylic acids is 1. The van der Waals surface area contributed by atoms with Crippen molar-refractivity contribution in [3.63, 3.8) is 0 Å². The van der Waals surface area contributed by atoms with Crippen LogP contribution in [0.5, 0.6) is 0 Å². The predicted octanol–water partition coefficient (Wildman–Crippen LogP) is 2.67. The van der Waals surface area contributed by atoms with Crippen LogP contribution in [0.2, 0.25) is 0 Å². The van der Waals surface area contributed by atoms with Crippen LogP contribution in [0.15, 0.2) is 48.5 Å². The van der Waals surface area contributed by atoms with Gasteiger partial charge in [-0.05, 0) is 28.7 Å². The van der Waals surface area contributed by atoms with Crippen molar-refractivity contribution in [3.05, 3.63) is 59.7 Å². The molecule has 1 saturated heterocycles. The molecule has 1 aliphatic heterocycles. The molecule has 0 radical (unpaired) electrons. The molecule has 0 aromatic heterocycles. The molecule has 0 saturated carbocycles.